The molecule has 0 aliphatic heterocycles. The second kappa shape index (κ2) is 7.94. The number of hydrogen-bond donors (Lipinski definition) is 1. The van der Waals surface area contributed by atoms with Gasteiger partial charge < -0.3 is 10.1 Å². The summed E-state index contributed by atoms with van der Waals surface area (Å²) in [6.07, 6.45) is 3.29. The molecule has 106 valence electrons. The largest absolute Gasteiger partial charge is 0.464 e. The maximum Gasteiger partial charge on any atom is 0.302 e. The Balaban J connectivity index is 2.66. The first-order valence-electron chi connectivity index (χ1n) is 6.36. The van der Waals surface area contributed by atoms with Crippen LogP contribution in [-0.4, -0.2) is 25.0 Å². The third-order valence-corrected chi connectivity index (χ3v) is 2.67. The number of esters is 1. The van der Waals surface area contributed by atoms with Crippen molar-refractivity contribution in [2.24, 2.45) is 0 Å². The van der Waals surface area contributed by atoms with Crippen LogP contribution in [0.3, 0.4) is 0 Å². The van der Waals surface area contributed by atoms with Crippen molar-refractivity contribution in [3.05, 3.63) is 53.6 Å². The van der Waals surface area contributed by atoms with Crippen molar-refractivity contribution >= 4 is 18.0 Å². The third kappa shape index (κ3) is 5.10. The van der Waals surface area contributed by atoms with Crippen molar-refractivity contribution < 1.29 is 14.3 Å². The minimum absolute atomic E-state index is 0.163. The number of aryl methyl sites for hydroxylation is 1. The highest BCUT2D eigenvalue weighted by molar-refractivity contribution is 6.00. The first-order chi connectivity index (χ1) is 9.54. The van der Waals surface area contributed by atoms with Crippen LogP contribution in [0.5, 0.6) is 0 Å². The average Bonchev–Trinajstić information content (AvgIpc) is 2.42. The van der Waals surface area contributed by atoms with Crippen LogP contribution >= 0.6 is 0 Å². The van der Waals surface area contributed by atoms with Gasteiger partial charge in [0.2, 0.25) is 0 Å². The number of nitrogens with one attached hydrogen (secondary N) is 1. The molecule has 0 saturated heterocycles. The maximum atomic E-state index is 11.9. The summed E-state index contributed by atoms with van der Waals surface area (Å²) in [6.45, 7) is 7.39. The summed E-state index contributed by atoms with van der Waals surface area (Å²) in [5.74, 6) is -0.603. The molecule has 0 unspecified atom stereocenters. The Bertz CT molecular complexity index is 532. The third-order valence-electron chi connectivity index (χ3n) is 2.67. The smallest absolute Gasteiger partial charge is 0.302 e. The van der Waals surface area contributed by atoms with E-state index >= 15 is 0 Å². The van der Waals surface area contributed by atoms with Gasteiger partial charge in [0.1, 0.15) is 6.61 Å². The van der Waals surface area contributed by atoms with Crippen molar-refractivity contribution in [3.63, 3.8) is 0 Å². The normalized spacial score (nSPS) is 10.8. The van der Waals surface area contributed by atoms with E-state index in [1.54, 1.807) is 6.08 Å². The van der Waals surface area contributed by atoms with Gasteiger partial charge in [0.05, 0.1) is 6.54 Å². The number of carbonyl (C=O) groups is 2. The van der Waals surface area contributed by atoms with E-state index in [9.17, 15) is 9.59 Å². The summed E-state index contributed by atoms with van der Waals surface area (Å²) in [5, 5.41) is 2.67. The molecule has 0 aromatic heterocycles. The van der Waals surface area contributed by atoms with Gasteiger partial charge in [-0.25, -0.2) is 0 Å². The molecular formula is C16H19NO3. The van der Waals surface area contributed by atoms with Gasteiger partial charge in [-0.2, -0.15) is 0 Å². The highest BCUT2D eigenvalue weighted by Gasteiger charge is 2.06. The standard InChI is InChI=1S/C16H19NO3/c1-4-14(11-15-8-6-5-7-12(15)2)16(19)17-9-10-20-13(3)18/h4-8,11H,1,9-10H2,2-3H3,(H,17,19)/b14-11+. The number of amides is 1. The van der Waals surface area contributed by atoms with Crippen molar-refractivity contribution in [1.82, 2.24) is 5.32 Å². The van der Waals surface area contributed by atoms with E-state index in [0.29, 0.717) is 5.57 Å². The van der Waals surface area contributed by atoms with Gasteiger partial charge >= 0.3 is 5.97 Å². The lowest BCUT2D eigenvalue weighted by molar-refractivity contribution is -0.141. The molecular weight excluding hydrogens is 254 g/mol. The summed E-state index contributed by atoms with van der Waals surface area (Å²) in [7, 11) is 0. The Kier molecular flexibility index (Phi) is 6.23. The number of rotatable bonds is 6. The van der Waals surface area contributed by atoms with Gasteiger partial charge in [0.25, 0.3) is 5.91 Å². The monoisotopic (exact) mass is 273 g/mol. The average molecular weight is 273 g/mol. The first kappa shape index (κ1) is 15.7. The summed E-state index contributed by atoms with van der Waals surface area (Å²) in [4.78, 5) is 22.5. The van der Waals surface area contributed by atoms with Gasteiger partial charge in [-0.05, 0) is 24.1 Å². The zero-order chi connectivity index (χ0) is 15.0. The van der Waals surface area contributed by atoms with Gasteiger partial charge in [-0.1, -0.05) is 36.9 Å². The molecule has 4 heteroatoms. The van der Waals surface area contributed by atoms with Crippen LogP contribution in [0.15, 0.2) is 42.5 Å². The highest BCUT2D eigenvalue weighted by atomic mass is 16.5. The highest BCUT2D eigenvalue weighted by Crippen LogP contribution is 2.12. The van der Waals surface area contributed by atoms with Gasteiger partial charge in [-0.3, -0.25) is 9.59 Å². The van der Waals surface area contributed by atoms with Crippen LogP contribution in [0, 0.1) is 6.92 Å². The molecule has 0 atom stereocenters. The van der Waals surface area contributed by atoms with Crippen LogP contribution in [0.1, 0.15) is 18.1 Å². The van der Waals surface area contributed by atoms with E-state index in [4.69, 9.17) is 4.74 Å². The zero-order valence-corrected chi connectivity index (χ0v) is 11.8. The molecule has 1 aromatic carbocycles. The molecule has 0 radical (unpaired) electrons. The molecule has 1 aromatic rings. The molecule has 0 aliphatic rings. The van der Waals surface area contributed by atoms with E-state index < -0.39 is 0 Å². The molecule has 1 N–H and O–H groups in total. The molecule has 0 saturated carbocycles. The van der Waals surface area contributed by atoms with Gasteiger partial charge in [-0.15, -0.1) is 0 Å². The predicted molar refractivity (Wildman–Crippen MR) is 79.0 cm³/mol. The summed E-state index contributed by atoms with van der Waals surface area (Å²) in [5.41, 5.74) is 2.53. The van der Waals surface area contributed by atoms with Crippen LogP contribution in [0.25, 0.3) is 6.08 Å². The molecule has 4 nitrogen and oxygen atoms in total. The lowest BCUT2D eigenvalue weighted by atomic mass is 10.1. The summed E-state index contributed by atoms with van der Waals surface area (Å²) >= 11 is 0. The Labute approximate surface area is 119 Å². The second-order valence-corrected chi connectivity index (χ2v) is 4.26. The van der Waals surface area contributed by atoms with Crippen molar-refractivity contribution in [3.8, 4) is 0 Å². The molecule has 0 spiro atoms. The van der Waals surface area contributed by atoms with Gasteiger partial charge in [0.15, 0.2) is 0 Å². The van der Waals surface area contributed by atoms with Crippen LogP contribution < -0.4 is 5.32 Å². The Morgan fingerprint density at radius 2 is 2.05 bits per heavy atom. The lowest BCUT2D eigenvalue weighted by Crippen LogP contribution is -2.28. The molecule has 1 amide bonds. The summed E-state index contributed by atoms with van der Waals surface area (Å²) < 4.78 is 4.74. The Morgan fingerprint density at radius 3 is 2.65 bits per heavy atom. The van der Waals surface area contributed by atoms with Crippen LogP contribution in [0.2, 0.25) is 0 Å². The predicted octanol–water partition coefficient (Wildman–Crippen LogP) is 2.24. The lowest BCUT2D eigenvalue weighted by Gasteiger charge is -2.07. The fraction of sp³-hybridized carbons (Fsp3) is 0.250. The molecule has 1 rings (SSSR count). The fourth-order valence-electron chi connectivity index (χ4n) is 1.59. The number of ether oxygens (including phenoxy) is 1. The maximum absolute atomic E-state index is 11.9. The minimum Gasteiger partial charge on any atom is -0.464 e. The van der Waals surface area contributed by atoms with Crippen LogP contribution in [-0.2, 0) is 14.3 Å². The second-order valence-electron chi connectivity index (χ2n) is 4.26. The van der Waals surface area contributed by atoms with E-state index in [2.05, 4.69) is 11.9 Å². The van der Waals surface area contributed by atoms with Crippen LogP contribution in [0.4, 0.5) is 0 Å². The zero-order valence-electron chi connectivity index (χ0n) is 11.8. The fourth-order valence-corrected chi connectivity index (χ4v) is 1.59. The van der Waals surface area contributed by atoms with E-state index in [0.717, 1.165) is 11.1 Å². The molecule has 0 aliphatic carbocycles. The molecule has 0 bridgehead atoms. The Morgan fingerprint density at radius 1 is 1.35 bits per heavy atom. The van der Waals surface area contributed by atoms with E-state index in [-0.39, 0.29) is 25.0 Å². The summed E-state index contributed by atoms with van der Waals surface area (Å²) in [6, 6.07) is 7.77. The SMILES string of the molecule is C=C/C(=C\c1ccccc1C)C(=O)NCCOC(C)=O. The van der Waals surface area contributed by atoms with E-state index in [1.807, 2.05) is 31.2 Å². The quantitative estimate of drug-likeness (QED) is 0.374. The topological polar surface area (TPSA) is 55.4 Å². The number of benzene rings is 1. The molecule has 0 heterocycles. The minimum atomic E-state index is -0.362. The van der Waals surface area contributed by atoms with Crippen molar-refractivity contribution in [2.75, 3.05) is 13.2 Å². The molecule has 0 fully saturated rings. The van der Waals surface area contributed by atoms with Crippen molar-refractivity contribution in [2.45, 2.75) is 13.8 Å². The van der Waals surface area contributed by atoms with Gasteiger partial charge in [0, 0.05) is 12.5 Å². The van der Waals surface area contributed by atoms with Crippen molar-refractivity contribution in [1.29, 1.82) is 0 Å². The molecule has 20 heavy (non-hydrogen) atoms. The number of hydrogen-bond acceptors (Lipinski definition) is 3. The Hall–Kier alpha value is -2.36. The first-order valence-corrected chi connectivity index (χ1v) is 6.36. The van der Waals surface area contributed by atoms with E-state index in [1.165, 1.54) is 13.0 Å². The number of carbonyl (C=O) groups excluding carboxylic acids is 2.